The molecule has 0 amide bonds. The highest BCUT2D eigenvalue weighted by molar-refractivity contribution is 14.1. The molecule has 4 heteroatoms. The minimum atomic E-state index is -0.259. The summed E-state index contributed by atoms with van der Waals surface area (Å²) in [5.74, 6) is 0. The average molecular weight is 269 g/mol. The molecule has 0 aliphatic heterocycles. The number of hydrogen-bond donors (Lipinski definition) is 0. The molecule has 0 bridgehead atoms. The van der Waals surface area contributed by atoms with E-state index in [0.717, 1.165) is 19.3 Å². The first kappa shape index (κ1) is 10.9. The van der Waals surface area contributed by atoms with E-state index in [2.05, 4.69) is 29.2 Å². The molecule has 0 saturated heterocycles. The third kappa shape index (κ3) is 7.77. The molecule has 0 radical (unpaired) electrons. The number of halogens is 1. The van der Waals surface area contributed by atoms with E-state index in [4.69, 9.17) is 0 Å². The summed E-state index contributed by atoms with van der Waals surface area (Å²) in [6.45, 7) is 3.66. The topological polar surface area (TPSA) is 43.1 Å². The summed E-state index contributed by atoms with van der Waals surface area (Å²) in [6.07, 6.45) is 4.71. The van der Waals surface area contributed by atoms with E-state index in [1.807, 2.05) is 6.08 Å². The van der Waals surface area contributed by atoms with Gasteiger partial charge in [-0.1, -0.05) is 28.7 Å². The van der Waals surface area contributed by atoms with E-state index in [-0.39, 0.29) is 15.4 Å². The predicted octanol–water partition coefficient (Wildman–Crippen LogP) is 2.42. The van der Waals surface area contributed by atoms with Gasteiger partial charge in [-0.25, -0.2) is 0 Å². The Labute approximate surface area is 80.2 Å². The minimum absolute atomic E-state index is 0.0811. The number of hydrogen-bond acceptors (Lipinski definition) is 2. The van der Waals surface area contributed by atoms with Crippen LogP contribution in [-0.2, 0) is 0 Å². The maximum absolute atomic E-state index is 10.0. The molecule has 0 rings (SSSR count). The van der Waals surface area contributed by atoms with Gasteiger partial charge in [0.25, 0.3) is 0 Å². The number of nitrogens with zero attached hydrogens (tertiary/aromatic N) is 1. The zero-order chi connectivity index (χ0) is 8.69. The lowest BCUT2D eigenvalue weighted by molar-refractivity contribution is -0.478. The number of allylic oxidation sites excluding steroid dienone is 1. The Kier molecular flexibility index (Phi) is 6.49. The van der Waals surface area contributed by atoms with Crippen LogP contribution in [0.15, 0.2) is 12.7 Å². The zero-order valence-electron chi connectivity index (χ0n) is 6.33. The van der Waals surface area contributed by atoms with Gasteiger partial charge in [-0.05, 0) is 19.3 Å². The summed E-state index contributed by atoms with van der Waals surface area (Å²) in [6, 6.07) is 0. The summed E-state index contributed by atoms with van der Waals surface area (Å²) in [5.41, 5.74) is 0. The Balaban J connectivity index is 3.28. The van der Waals surface area contributed by atoms with Crippen molar-refractivity contribution in [2.75, 3.05) is 6.54 Å². The number of rotatable bonds is 6. The van der Waals surface area contributed by atoms with E-state index in [9.17, 15) is 10.1 Å². The van der Waals surface area contributed by atoms with E-state index in [1.54, 1.807) is 0 Å². The summed E-state index contributed by atoms with van der Waals surface area (Å²) in [4.78, 5) is 9.76. The summed E-state index contributed by atoms with van der Waals surface area (Å²) >= 11 is 2.12. The van der Waals surface area contributed by atoms with Gasteiger partial charge in [0, 0.05) is 4.92 Å². The van der Waals surface area contributed by atoms with Crippen molar-refractivity contribution < 1.29 is 4.92 Å². The molecule has 0 aliphatic carbocycles. The maximum Gasteiger partial charge on any atom is 0.215 e. The van der Waals surface area contributed by atoms with Crippen LogP contribution >= 0.6 is 22.6 Å². The Morgan fingerprint density at radius 3 is 2.82 bits per heavy atom. The highest BCUT2D eigenvalue weighted by Gasteiger charge is 2.09. The molecule has 0 N–H and O–H groups in total. The second kappa shape index (κ2) is 6.57. The Morgan fingerprint density at radius 1 is 1.73 bits per heavy atom. The number of nitro groups is 1. The lowest BCUT2D eigenvalue weighted by atomic mass is 10.2. The van der Waals surface area contributed by atoms with Crippen LogP contribution in [-0.4, -0.2) is 15.4 Å². The highest BCUT2D eigenvalue weighted by Crippen LogP contribution is 2.10. The fraction of sp³-hybridized carbons (Fsp3) is 0.714. The average Bonchev–Trinajstić information content (AvgIpc) is 1.86. The van der Waals surface area contributed by atoms with Crippen molar-refractivity contribution in [3.8, 4) is 0 Å². The molecule has 1 atom stereocenters. The normalized spacial score (nSPS) is 12.5. The molecule has 0 aliphatic rings. The van der Waals surface area contributed by atoms with Gasteiger partial charge in [-0.2, -0.15) is 0 Å². The fourth-order valence-electron chi connectivity index (χ4n) is 0.737. The van der Waals surface area contributed by atoms with E-state index in [0.29, 0.717) is 0 Å². The van der Waals surface area contributed by atoms with Gasteiger partial charge in [0.2, 0.25) is 6.54 Å². The molecule has 0 saturated carbocycles. The van der Waals surface area contributed by atoms with Crippen LogP contribution in [0.5, 0.6) is 0 Å². The molecule has 1 unspecified atom stereocenters. The largest absolute Gasteiger partial charge is 0.265 e. The fourth-order valence-corrected chi connectivity index (χ4v) is 1.50. The van der Waals surface area contributed by atoms with Crippen LogP contribution in [0.25, 0.3) is 0 Å². The number of alkyl halides is 1. The van der Waals surface area contributed by atoms with Gasteiger partial charge >= 0.3 is 0 Å². The van der Waals surface area contributed by atoms with Crippen molar-refractivity contribution in [2.24, 2.45) is 0 Å². The second-order valence-electron chi connectivity index (χ2n) is 2.33. The van der Waals surface area contributed by atoms with Crippen molar-refractivity contribution >= 4 is 22.6 Å². The van der Waals surface area contributed by atoms with Crippen molar-refractivity contribution in [1.82, 2.24) is 0 Å². The SMILES string of the molecule is C=CCCCC(I)C[N+](=O)[O-]. The molecule has 11 heavy (non-hydrogen) atoms. The third-order valence-electron chi connectivity index (χ3n) is 1.27. The lowest BCUT2D eigenvalue weighted by Crippen LogP contribution is -2.12. The molecular weight excluding hydrogens is 257 g/mol. The van der Waals surface area contributed by atoms with E-state index in [1.165, 1.54) is 0 Å². The van der Waals surface area contributed by atoms with Crippen molar-refractivity contribution in [3.63, 3.8) is 0 Å². The van der Waals surface area contributed by atoms with Gasteiger partial charge in [-0.3, -0.25) is 10.1 Å². The molecule has 3 nitrogen and oxygen atoms in total. The van der Waals surface area contributed by atoms with Crippen LogP contribution in [0.3, 0.4) is 0 Å². The Hall–Kier alpha value is -0.130. The van der Waals surface area contributed by atoms with E-state index < -0.39 is 0 Å². The molecule has 0 fully saturated rings. The van der Waals surface area contributed by atoms with E-state index >= 15 is 0 Å². The first-order chi connectivity index (χ1) is 5.16. The predicted molar refractivity (Wildman–Crippen MR) is 53.7 cm³/mol. The van der Waals surface area contributed by atoms with Crippen molar-refractivity contribution in [3.05, 3.63) is 22.8 Å². The van der Waals surface area contributed by atoms with Gasteiger partial charge in [-0.15, -0.1) is 6.58 Å². The van der Waals surface area contributed by atoms with Crippen LogP contribution < -0.4 is 0 Å². The molecule has 0 heterocycles. The summed E-state index contributed by atoms with van der Waals surface area (Å²) in [7, 11) is 0. The quantitative estimate of drug-likeness (QED) is 0.185. The Bertz CT molecular complexity index is 138. The number of unbranched alkanes of at least 4 members (excludes halogenated alkanes) is 1. The summed E-state index contributed by atoms with van der Waals surface area (Å²) < 4.78 is 0.169. The zero-order valence-corrected chi connectivity index (χ0v) is 8.49. The summed E-state index contributed by atoms with van der Waals surface area (Å²) in [5, 5.41) is 10.0. The van der Waals surface area contributed by atoms with Crippen molar-refractivity contribution in [1.29, 1.82) is 0 Å². The molecule has 0 aromatic heterocycles. The van der Waals surface area contributed by atoms with Crippen LogP contribution in [0.2, 0.25) is 0 Å². The molecular formula is C7H12INO2. The van der Waals surface area contributed by atoms with Crippen molar-refractivity contribution in [2.45, 2.75) is 23.2 Å². The van der Waals surface area contributed by atoms with Gasteiger partial charge in [0.1, 0.15) is 0 Å². The van der Waals surface area contributed by atoms with Gasteiger partial charge in [0.05, 0.1) is 3.92 Å². The minimum Gasteiger partial charge on any atom is -0.265 e. The molecule has 0 aromatic rings. The second-order valence-corrected chi connectivity index (χ2v) is 4.09. The maximum atomic E-state index is 10.0. The van der Waals surface area contributed by atoms with Crippen LogP contribution in [0.4, 0.5) is 0 Å². The first-order valence-electron chi connectivity index (χ1n) is 3.53. The molecule has 64 valence electrons. The third-order valence-corrected chi connectivity index (χ3v) is 2.29. The van der Waals surface area contributed by atoms with Crippen LogP contribution in [0, 0.1) is 10.1 Å². The highest BCUT2D eigenvalue weighted by atomic mass is 127. The van der Waals surface area contributed by atoms with Gasteiger partial charge in [0.15, 0.2) is 0 Å². The Morgan fingerprint density at radius 2 is 2.36 bits per heavy atom. The molecule has 0 spiro atoms. The first-order valence-corrected chi connectivity index (χ1v) is 4.78. The molecule has 0 aromatic carbocycles. The lowest BCUT2D eigenvalue weighted by Gasteiger charge is -2.01. The van der Waals surface area contributed by atoms with Gasteiger partial charge < -0.3 is 0 Å². The van der Waals surface area contributed by atoms with Crippen LogP contribution in [0.1, 0.15) is 19.3 Å². The monoisotopic (exact) mass is 269 g/mol. The standard InChI is InChI=1S/C7H12INO2/c1-2-3-4-5-7(8)6-9(10)11/h2,7H,1,3-6H2. The smallest absolute Gasteiger partial charge is 0.215 e.